The molecular formula is C32H47N3O6. The van der Waals surface area contributed by atoms with Crippen molar-refractivity contribution in [3.05, 3.63) is 47.5 Å². The van der Waals surface area contributed by atoms with Crippen LogP contribution in [0.5, 0.6) is 17.2 Å². The van der Waals surface area contributed by atoms with E-state index >= 15 is 0 Å². The Hall–Kier alpha value is -3.01. The molecule has 9 nitrogen and oxygen atoms in total. The third-order valence-electron chi connectivity index (χ3n) is 7.96. The Balaban J connectivity index is 1.59. The lowest BCUT2D eigenvalue weighted by atomic mass is 10.0. The molecule has 0 unspecified atom stereocenters. The SMILES string of the molecule is C[C@@H]1CCCCO[C@@H](CN(C)Cc2cccc3c2OCO3)[C@H](C)CN([C@@H](C)CO)C(=O)c2cc(N(C)C)ccc2O1. The molecule has 9 heteroatoms. The number of likely N-dealkylation sites (N-methyl/N-ethyl adjacent to an activating group) is 1. The molecule has 0 fully saturated rings. The molecule has 2 aliphatic rings. The number of carbonyl (C=O) groups excluding carboxylic acids is 1. The number of carbonyl (C=O) groups is 1. The summed E-state index contributed by atoms with van der Waals surface area (Å²) < 4.78 is 24.1. The second kappa shape index (κ2) is 14.2. The van der Waals surface area contributed by atoms with E-state index in [-0.39, 0.29) is 43.5 Å². The zero-order valence-corrected chi connectivity index (χ0v) is 25.5. The Bertz CT molecular complexity index is 1160. The standard InChI is InChI=1S/C32H47N3O6/c1-22-17-35(23(2)20-36)32(37)27-16-26(33(4)5)13-14-28(27)41-24(3)10-7-8-15-38-30(22)19-34(6)18-25-11-9-12-29-31(25)40-21-39-29/h9,11-14,16,22-24,30,36H,7-8,10,15,17-21H2,1-6H3/t22-,23+,24-,30+/m1/s1. The lowest BCUT2D eigenvalue weighted by Gasteiger charge is -2.36. The fourth-order valence-corrected chi connectivity index (χ4v) is 5.43. The predicted molar refractivity (Wildman–Crippen MR) is 160 cm³/mol. The van der Waals surface area contributed by atoms with Crippen molar-refractivity contribution < 1.29 is 28.8 Å². The average molecular weight is 570 g/mol. The van der Waals surface area contributed by atoms with Gasteiger partial charge in [0.1, 0.15) is 5.75 Å². The first kappa shape index (κ1) is 30.9. The molecule has 4 atom stereocenters. The lowest BCUT2D eigenvalue weighted by Crippen LogP contribution is -2.47. The van der Waals surface area contributed by atoms with Crippen LogP contribution >= 0.6 is 0 Å². The van der Waals surface area contributed by atoms with Crippen LogP contribution in [-0.2, 0) is 11.3 Å². The van der Waals surface area contributed by atoms with E-state index < -0.39 is 0 Å². The Morgan fingerprint density at radius 3 is 2.63 bits per heavy atom. The molecule has 0 saturated heterocycles. The van der Waals surface area contributed by atoms with Gasteiger partial charge in [0.25, 0.3) is 5.91 Å². The molecule has 0 radical (unpaired) electrons. The van der Waals surface area contributed by atoms with Crippen molar-refractivity contribution in [1.82, 2.24) is 9.80 Å². The lowest BCUT2D eigenvalue weighted by molar-refractivity contribution is -0.0178. The predicted octanol–water partition coefficient (Wildman–Crippen LogP) is 4.41. The minimum absolute atomic E-state index is 0.0136. The molecule has 2 aromatic rings. The van der Waals surface area contributed by atoms with Gasteiger partial charge in [0.2, 0.25) is 6.79 Å². The van der Waals surface area contributed by atoms with Gasteiger partial charge in [-0.05, 0) is 64.4 Å². The van der Waals surface area contributed by atoms with Gasteiger partial charge in [-0.3, -0.25) is 9.69 Å². The summed E-state index contributed by atoms with van der Waals surface area (Å²) in [5.74, 6) is 2.04. The summed E-state index contributed by atoms with van der Waals surface area (Å²) in [5, 5.41) is 10.2. The van der Waals surface area contributed by atoms with Gasteiger partial charge in [0.15, 0.2) is 11.5 Å². The summed E-state index contributed by atoms with van der Waals surface area (Å²) in [5.41, 5.74) is 2.51. The number of hydrogen-bond acceptors (Lipinski definition) is 8. The van der Waals surface area contributed by atoms with E-state index in [9.17, 15) is 9.90 Å². The Morgan fingerprint density at radius 1 is 1.07 bits per heavy atom. The molecule has 0 spiro atoms. The summed E-state index contributed by atoms with van der Waals surface area (Å²) in [6.45, 7) is 8.61. The maximum absolute atomic E-state index is 14.2. The first-order valence-corrected chi connectivity index (χ1v) is 14.7. The summed E-state index contributed by atoms with van der Waals surface area (Å²) in [6.07, 6.45) is 2.61. The van der Waals surface area contributed by atoms with Crippen molar-refractivity contribution >= 4 is 11.6 Å². The Kier molecular flexibility index (Phi) is 10.8. The van der Waals surface area contributed by atoms with Crippen molar-refractivity contribution in [2.75, 3.05) is 59.1 Å². The Morgan fingerprint density at radius 2 is 1.88 bits per heavy atom. The quantitative estimate of drug-likeness (QED) is 0.525. The maximum atomic E-state index is 14.2. The highest BCUT2D eigenvalue weighted by Gasteiger charge is 2.31. The van der Waals surface area contributed by atoms with E-state index in [4.69, 9.17) is 18.9 Å². The van der Waals surface area contributed by atoms with Crippen molar-refractivity contribution in [2.45, 2.75) is 64.8 Å². The zero-order chi connectivity index (χ0) is 29.5. The van der Waals surface area contributed by atoms with Crippen LogP contribution in [0.15, 0.2) is 36.4 Å². The van der Waals surface area contributed by atoms with Gasteiger partial charge in [-0.25, -0.2) is 0 Å². The van der Waals surface area contributed by atoms with Crippen molar-refractivity contribution in [1.29, 1.82) is 0 Å². The number of aliphatic hydroxyl groups is 1. The van der Waals surface area contributed by atoms with Gasteiger partial charge < -0.3 is 33.9 Å². The van der Waals surface area contributed by atoms with E-state index in [1.165, 1.54) is 0 Å². The van der Waals surface area contributed by atoms with Gasteiger partial charge in [-0.1, -0.05) is 19.1 Å². The van der Waals surface area contributed by atoms with Gasteiger partial charge >= 0.3 is 0 Å². The van der Waals surface area contributed by atoms with Crippen LogP contribution in [0, 0.1) is 5.92 Å². The average Bonchev–Trinajstić information content (AvgIpc) is 3.44. The topological polar surface area (TPSA) is 83.9 Å². The van der Waals surface area contributed by atoms with Crippen LogP contribution in [-0.4, -0.2) is 93.3 Å². The van der Waals surface area contributed by atoms with E-state index in [2.05, 4.69) is 24.9 Å². The molecule has 2 heterocycles. The number of anilines is 1. The highest BCUT2D eigenvalue weighted by Crippen LogP contribution is 2.36. The van der Waals surface area contributed by atoms with Crippen LogP contribution < -0.4 is 19.1 Å². The van der Waals surface area contributed by atoms with E-state index in [0.717, 1.165) is 42.0 Å². The van der Waals surface area contributed by atoms with Crippen LogP contribution in [0.2, 0.25) is 0 Å². The second-order valence-electron chi connectivity index (χ2n) is 11.7. The highest BCUT2D eigenvalue weighted by molar-refractivity contribution is 5.98. The van der Waals surface area contributed by atoms with E-state index in [0.29, 0.717) is 37.6 Å². The van der Waals surface area contributed by atoms with Gasteiger partial charge in [-0.2, -0.15) is 0 Å². The fourth-order valence-electron chi connectivity index (χ4n) is 5.43. The largest absolute Gasteiger partial charge is 0.490 e. The number of para-hydroxylation sites is 1. The molecule has 0 aliphatic carbocycles. The zero-order valence-electron chi connectivity index (χ0n) is 25.5. The van der Waals surface area contributed by atoms with Crippen LogP contribution in [0.3, 0.4) is 0 Å². The van der Waals surface area contributed by atoms with Crippen LogP contribution in [0.4, 0.5) is 5.69 Å². The molecule has 1 N–H and O–H groups in total. The van der Waals surface area contributed by atoms with E-state index in [1.54, 1.807) is 4.90 Å². The summed E-state index contributed by atoms with van der Waals surface area (Å²) >= 11 is 0. The summed E-state index contributed by atoms with van der Waals surface area (Å²) in [6, 6.07) is 11.4. The molecule has 4 rings (SSSR count). The molecule has 0 bridgehead atoms. The maximum Gasteiger partial charge on any atom is 0.258 e. The molecular weight excluding hydrogens is 522 g/mol. The molecule has 2 aliphatic heterocycles. The fraction of sp³-hybridized carbons (Fsp3) is 0.594. The Labute approximate surface area is 244 Å². The second-order valence-corrected chi connectivity index (χ2v) is 11.7. The van der Waals surface area contributed by atoms with Gasteiger partial charge in [0, 0.05) is 57.5 Å². The van der Waals surface area contributed by atoms with Gasteiger partial charge in [0.05, 0.1) is 30.4 Å². The monoisotopic (exact) mass is 569 g/mol. The first-order valence-electron chi connectivity index (χ1n) is 14.7. The first-order chi connectivity index (χ1) is 19.7. The summed E-state index contributed by atoms with van der Waals surface area (Å²) in [7, 11) is 5.99. The number of aliphatic hydroxyl groups excluding tert-OH is 1. The number of nitrogens with zero attached hydrogens (tertiary/aromatic N) is 3. The highest BCUT2D eigenvalue weighted by atomic mass is 16.7. The molecule has 0 aromatic heterocycles. The van der Waals surface area contributed by atoms with Crippen molar-refractivity contribution in [3.8, 4) is 17.2 Å². The number of fused-ring (bicyclic) bond motifs is 2. The minimum atomic E-state index is -0.367. The minimum Gasteiger partial charge on any atom is -0.490 e. The summed E-state index contributed by atoms with van der Waals surface area (Å²) in [4.78, 5) is 20.1. The van der Waals surface area contributed by atoms with Crippen LogP contribution in [0.1, 0.15) is 56.0 Å². The van der Waals surface area contributed by atoms with Gasteiger partial charge in [-0.15, -0.1) is 0 Å². The molecule has 1 amide bonds. The number of rotatable bonds is 7. The third-order valence-corrected chi connectivity index (χ3v) is 7.96. The third kappa shape index (κ3) is 7.84. The number of amides is 1. The molecule has 2 aromatic carbocycles. The van der Waals surface area contributed by atoms with Crippen molar-refractivity contribution in [2.24, 2.45) is 5.92 Å². The number of benzene rings is 2. The molecule has 0 saturated carbocycles. The van der Waals surface area contributed by atoms with Crippen LogP contribution in [0.25, 0.3) is 0 Å². The normalized spacial score (nSPS) is 22.6. The number of hydrogen-bond donors (Lipinski definition) is 1. The number of ether oxygens (including phenoxy) is 4. The molecule has 226 valence electrons. The smallest absolute Gasteiger partial charge is 0.258 e. The van der Waals surface area contributed by atoms with E-state index in [1.807, 2.05) is 63.2 Å². The van der Waals surface area contributed by atoms with Crippen molar-refractivity contribution in [3.63, 3.8) is 0 Å². The molecule has 41 heavy (non-hydrogen) atoms.